The summed E-state index contributed by atoms with van der Waals surface area (Å²) in [6, 6.07) is 2.29. The highest BCUT2D eigenvalue weighted by atomic mass is 32.2. The van der Waals surface area contributed by atoms with Crippen molar-refractivity contribution in [2.75, 3.05) is 51.5 Å². The summed E-state index contributed by atoms with van der Waals surface area (Å²) < 4.78 is 132. The molecule has 232 valence electrons. The molecule has 0 radical (unpaired) electrons. The van der Waals surface area contributed by atoms with Crippen molar-refractivity contribution >= 4 is 39.7 Å². The minimum atomic E-state index is -4.67. The van der Waals surface area contributed by atoms with E-state index in [2.05, 4.69) is 0 Å². The van der Waals surface area contributed by atoms with E-state index in [1.54, 1.807) is 0 Å². The minimum absolute atomic E-state index is 0.0817. The number of benzene rings is 2. The number of methoxy groups -OCH3 is 4. The third-order valence-electron chi connectivity index (χ3n) is 7.75. The molecule has 0 unspecified atom stereocenters. The first-order valence-corrected chi connectivity index (χ1v) is 19.0. The molecule has 3 saturated heterocycles. The summed E-state index contributed by atoms with van der Waals surface area (Å²) >= 11 is 0. The van der Waals surface area contributed by atoms with Crippen LogP contribution in [0.2, 0.25) is 0 Å². The normalized spacial score (nSPS) is 27.1. The van der Waals surface area contributed by atoms with Crippen LogP contribution in [0.3, 0.4) is 0 Å². The lowest BCUT2D eigenvalue weighted by molar-refractivity contribution is 0.0838. The van der Waals surface area contributed by atoms with E-state index in [-0.39, 0.29) is 32.8 Å². The average molecular weight is 667 g/mol. The van der Waals surface area contributed by atoms with Crippen molar-refractivity contribution in [3.63, 3.8) is 0 Å². The van der Waals surface area contributed by atoms with E-state index >= 15 is 0 Å². The van der Waals surface area contributed by atoms with Gasteiger partial charge in [0.25, 0.3) is 0 Å². The van der Waals surface area contributed by atoms with Crippen LogP contribution in [0.5, 0.6) is 23.0 Å². The van der Waals surface area contributed by atoms with Gasteiger partial charge in [-0.2, -0.15) is 8.61 Å². The van der Waals surface area contributed by atoms with Crippen molar-refractivity contribution in [1.82, 2.24) is 8.61 Å². The number of hydrogen-bond donors (Lipinski definition) is 0. The van der Waals surface area contributed by atoms with E-state index in [0.717, 1.165) is 8.61 Å². The zero-order valence-electron chi connectivity index (χ0n) is 23.0. The van der Waals surface area contributed by atoms with Gasteiger partial charge in [-0.3, -0.25) is 0 Å². The number of nitrogens with zero attached hydrogens (tertiary/aromatic N) is 2. The van der Waals surface area contributed by atoms with Gasteiger partial charge < -0.3 is 18.9 Å². The van der Waals surface area contributed by atoms with Gasteiger partial charge in [0.15, 0.2) is 19.7 Å². The molecule has 3 heterocycles. The molecule has 4 atom stereocenters. The van der Waals surface area contributed by atoms with Gasteiger partial charge in [-0.25, -0.2) is 33.7 Å². The molecule has 18 heteroatoms. The summed E-state index contributed by atoms with van der Waals surface area (Å²) in [6.45, 7) is 0. The number of piperazine rings is 1. The first kappa shape index (κ1) is 30.8. The van der Waals surface area contributed by atoms with Crippen LogP contribution in [-0.2, 0) is 39.7 Å². The maximum atomic E-state index is 14.3. The predicted molar refractivity (Wildman–Crippen MR) is 150 cm³/mol. The highest BCUT2D eigenvalue weighted by molar-refractivity contribution is 7.93. The van der Waals surface area contributed by atoms with Crippen LogP contribution < -0.4 is 18.9 Å². The molecule has 3 aliphatic heterocycles. The first-order chi connectivity index (χ1) is 19.6. The Morgan fingerprint density at radius 3 is 1.14 bits per heavy atom. The number of ether oxygens (including phenoxy) is 4. The molecule has 2 aromatic carbocycles. The fraction of sp³-hybridized carbons (Fsp3) is 0.500. The summed E-state index contributed by atoms with van der Waals surface area (Å²) in [4.78, 5) is -0.748. The number of sulfone groups is 2. The molecule has 3 fully saturated rings. The van der Waals surface area contributed by atoms with Crippen molar-refractivity contribution in [1.29, 1.82) is 0 Å². The van der Waals surface area contributed by atoms with E-state index in [1.807, 2.05) is 0 Å². The van der Waals surface area contributed by atoms with Crippen molar-refractivity contribution in [2.24, 2.45) is 0 Å². The molecule has 5 rings (SSSR count). The minimum Gasteiger partial charge on any atom is -0.497 e. The summed E-state index contributed by atoms with van der Waals surface area (Å²) in [7, 11) is -12.1. The van der Waals surface area contributed by atoms with E-state index in [0.29, 0.717) is 0 Å². The Balaban J connectivity index is 1.74. The Kier molecular flexibility index (Phi) is 7.71. The average Bonchev–Trinajstić information content (AvgIpc) is 3.42. The molecule has 0 spiro atoms. The van der Waals surface area contributed by atoms with Crippen LogP contribution in [0.4, 0.5) is 0 Å². The van der Waals surface area contributed by atoms with E-state index in [4.69, 9.17) is 18.9 Å². The lowest BCUT2D eigenvalue weighted by atomic mass is 10.0. The fourth-order valence-corrected chi connectivity index (χ4v) is 14.3. The van der Waals surface area contributed by atoms with Gasteiger partial charge in [0, 0.05) is 12.1 Å². The summed E-state index contributed by atoms with van der Waals surface area (Å²) in [5.74, 6) is -2.70. The van der Waals surface area contributed by atoms with Crippen LogP contribution in [-0.4, -0.2) is 118 Å². The van der Waals surface area contributed by atoms with Crippen molar-refractivity contribution in [3.8, 4) is 23.0 Å². The molecule has 0 aromatic heterocycles. The predicted octanol–water partition coefficient (Wildman–Crippen LogP) is -0.253. The molecule has 14 nitrogen and oxygen atoms in total. The Morgan fingerprint density at radius 2 is 0.881 bits per heavy atom. The van der Waals surface area contributed by atoms with Gasteiger partial charge in [-0.1, -0.05) is 0 Å². The third kappa shape index (κ3) is 5.00. The standard InChI is InChI=1S/C24H30N2O12S4/c1-35-15-5-7-21(37-3)23(9-15)41(31,32)25-17-11-39(27,28)13-19(17)26(20-14-40(29,30)12-18(20)25)42(33,34)24-10-16(36-2)6-8-22(24)38-4/h5-10,17-20H,11-14H2,1-4H3/t17-,18-,19+,20+. The molecule has 2 aromatic rings. The molecule has 0 N–H and O–H groups in total. The van der Waals surface area contributed by atoms with Gasteiger partial charge in [0.2, 0.25) is 20.0 Å². The monoisotopic (exact) mass is 666 g/mol. The summed E-state index contributed by atoms with van der Waals surface area (Å²) in [5, 5.41) is 0. The maximum absolute atomic E-state index is 14.3. The summed E-state index contributed by atoms with van der Waals surface area (Å²) in [5.41, 5.74) is 0. The lowest BCUT2D eigenvalue weighted by Crippen LogP contribution is -2.69. The first-order valence-electron chi connectivity index (χ1n) is 12.5. The van der Waals surface area contributed by atoms with Crippen LogP contribution >= 0.6 is 0 Å². The van der Waals surface area contributed by atoms with E-state index in [1.165, 1.54) is 64.8 Å². The van der Waals surface area contributed by atoms with E-state index in [9.17, 15) is 33.7 Å². The molecule has 0 saturated carbocycles. The van der Waals surface area contributed by atoms with E-state index < -0.39 is 86.9 Å². The largest absolute Gasteiger partial charge is 0.497 e. The molecule has 0 amide bonds. The van der Waals surface area contributed by atoms with Gasteiger partial charge in [-0.05, 0) is 24.3 Å². The van der Waals surface area contributed by atoms with Crippen molar-refractivity contribution in [2.45, 2.75) is 34.0 Å². The number of hydrogen-bond acceptors (Lipinski definition) is 12. The molecule has 0 aliphatic carbocycles. The number of fused-ring (bicyclic) bond motifs is 2. The lowest BCUT2D eigenvalue weighted by Gasteiger charge is -2.49. The maximum Gasteiger partial charge on any atom is 0.247 e. The smallest absolute Gasteiger partial charge is 0.247 e. The van der Waals surface area contributed by atoms with Crippen LogP contribution in [0, 0.1) is 0 Å². The highest BCUT2D eigenvalue weighted by Gasteiger charge is 2.64. The van der Waals surface area contributed by atoms with Crippen molar-refractivity contribution in [3.05, 3.63) is 36.4 Å². The molecular weight excluding hydrogens is 637 g/mol. The second-order valence-electron chi connectivity index (χ2n) is 10.1. The molecule has 0 bridgehead atoms. The molecule has 3 aliphatic rings. The quantitative estimate of drug-likeness (QED) is 0.361. The van der Waals surface area contributed by atoms with Gasteiger partial charge in [0.05, 0.1) is 75.6 Å². The Bertz CT molecular complexity index is 1670. The zero-order valence-corrected chi connectivity index (χ0v) is 26.3. The van der Waals surface area contributed by atoms with Gasteiger partial charge in [0.1, 0.15) is 32.8 Å². The van der Waals surface area contributed by atoms with Gasteiger partial charge >= 0.3 is 0 Å². The molecular formula is C24H30N2O12S4. The third-order valence-corrected chi connectivity index (χ3v) is 15.1. The Morgan fingerprint density at radius 1 is 0.571 bits per heavy atom. The van der Waals surface area contributed by atoms with Crippen molar-refractivity contribution < 1.29 is 52.6 Å². The second-order valence-corrected chi connectivity index (χ2v) is 18.1. The van der Waals surface area contributed by atoms with Crippen LogP contribution in [0.1, 0.15) is 0 Å². The Labute approximate surface area is 245 Å². The molecule has 42 heavy (non-hydrogen) atoms. The summed E-state index contributed by atoms with van der Waals surface area (Å²) in [6.07, 6.45) is 0. The Hall–Kier alpha value is -2.64. The second kappa shape index (κ2) is 10.5. The SMILES string of the molecule is COc1ccc(OC)c(S(=O)(=O)N2[C@@H]3CS(=O)(=O)C[C@@H]3N(S(=O)(=O)c3cc(OC)ccc3OC)[C@H]3CS(=O)(=O)C[C@H]32)c1. The number of rotatable bonds is 8. The van der Waals surface area contributed by atoms with Crippen LogP contribution in [0.25, 0.3) is 0 Å². The number of sulfonamides is 2. The zero-order chi connectivity index (χ0) is 30.8. The highest BCUT2D eigenvalue weighted by Crippen LogP contribution is 2.45. The topological polar surface area (TPSA) is 180 Å². The fourth-order valence-electron chi connectivity index (χ4n) is 6.00. The van der Waals surface area contributed by atoms with Gasteiger partial charge in [-0.15, -0.1) is 0 Å². The van der Waals surface area contributed by atoms with Crippen LogP contribution in [0.15, 0.2) is 46.2 Å².